The number of halogens is 1. The van der Waals surface area contributed by atoms with Gasteiger partial charge in [-0.05, 0) is 44.2 Å². The molecule has 8 heteroatoms. The number of nitrogens with one attached hydrogen (secondary N) is 1. The van der Waals surface area contributed by atoms with Crippen LogP contribution in [0, 0.1) is 0 Å². The number of fused-ring (bicyclic) bond motifs is 1. The molecule has 0 spiro atoms. The van der Waals surface area contributed by atoms with Crippen molar-refractivity contribution >= 4 is 28.1 Å². The largest absolute Gasteiger partial charge is 0.487 e. The van der Waals surface area contributed by atoms with Gasteiger partial charge in [0.15, 0.2) is 0 Å². The Kier molecular flexibility index (Phi) is 5.08. The van der Waals surface area contributed by atoms with Crippen molar-refractivity contribution in [3.63, 3.8) is 0 Å². The number of anilines is 1. The average molecular weight is 370 g/mol. The summed E-state index contributed by atoms with van der Waals surface area (Å²) in [5.41, 5.74) is 6.68. The minimum Gasteiger partial charge on any atom is -0.487 e. The second-order valence-electron chi connectivity index (χ2n) is 6.23. The Morgan fingerprint density at radius 3 is 2.75 bits per heavy atom. The molecule has 1 aromatic heterocycles. The average Bonchev–Trinajstić information content (AvgIpc) is 2.48. The highest BCUT2D eigenvalue weighted by atomic mass is 35.5. The topological polar surface area (TPSA) is 94.3 Å². The highest BCUT2D eigenvalue weighted by Gasteiger charge is 2.36. The van der Waals surface area contributed by atoms with Gasteiger partial charge in [0.05, 0.1) is 6.04 Å². The zero-order valence-electron chi connectivity index (χ0n) is 13.4. The summed E-state index contributed by atoms with van der Waals surface area (Å²) in [6.45, 7) is 3.86. The molecule has 3 N–H and O–H groups in total. The Bertz CT molecular complexity index is 826. The van der Waals surface area contributed by atoms with Gasteiger partial charge in [-0.3, -0.25) is 4.98 Å². The molecule has 130 valence electrons. The van der Waals surface area contributed by atoms with Gasteiger partial charge in [-0.2, -0.15) is 0 Å². The zero-order valence-corrected chi connectivity index (χ0v) is 15.0. The zero-order chi connectivity index (χ0) is 16.7. The number of benzene rings is 1. The van der Waals surface area contributed by atoms with Gasteiger partial charge >= 0.3 is 0 Å². The molecule has 6 nitrogen and oxygen atoms in total. The number of sulfonamides is 1. The number of rotatable bonds is 3. The second-order valence-corrected chi connectivity index (χ2v) is 7.94. The summed E-state index contributed by atoms with van der Waals surface area (Å²) in [7, 11) is -3.67. The Morgan fingerprint density at radius 1 is 1.33 bits per heavy atom. The Labute approximate surface area is 147 Å². The summed E-state index contributed by atoms with van der Waals surface area (Å²) in [4.78, 5) is 4.00. The molecule has 0 amide bonds. The lowest BCUT2D eigenvalue weighted by molar-refractivity contribution is 0.0702. The summed E-state index contributed by atoms with van der Waals surface area (Å²) < 4.78 is 33.8. The molecule has 2 aromatic rings. The molecule has 0 aliphatic carbocycles. The molecule has 1 unspecified atom stereocenters. The molecule has 0 fully saturated rings. The van der Waals surface area contributed by atoms with Crippen LogP contribution in [0.4, 0.5) is 5.69 Å². The molecule has 0 saturated carbocycles. The Hall–Kier alpha value is -1.83. The fourth-order valence-corrected chi connectivity index (χ4v) is 3.92. The minimum absolute atomic E-state index is 0. The molecule has 1 aliphatic rings. The summed E-state index contributed by atoms with van der Waals surface area (Å²) in [6.07, 6.45) is 3.36. The third-order valence-corrected chi connectivity index (χ3v) is 5.19. The predicted molar refractivity (Wildman–Crippen MR) is 94.7 cm³/mol. The van der Waals surface area contributed by atoms with Crippen molar-refractivity contribution in [2.24, 2.45) is 0 Å². The van der Waals surface area contributed by atoms with Gasteiger partial charge in [0, 0.05) is 30.1 Å². The van der Waals surface area contributed by atoms with E-state index in [1.54, 1.807) is 24.3 Å². The van der Waals surface area contributed by atoms with Crippen LogP contribution in [-0.4, -0.2) is 19.0 Å². The van der Waals surface area contributed by atoms with E-state index in [9.17, 15) is 8.42 Å². The van der Waals surface area contributed by atoms with Crippen molar-refractivity contribution < 1.29 is 13.2 Å². The fourth-order valence-electron chi connectivity index (χ4n) is 2.74. The molecule has 0 bridgehead atoms. The molecule has 0 saturated heterocycles. The SMILES string of the molecule is CC1(C)CC(NS(=O)(=O)c2cccnc2)c2cc(N)ccc2O1.Cl. The van der Waals surface area contributed by atoms with Crippen LogP contribution in [0.2, 0.25) is 0 Å². The van der Waals surface area contributed by atoms with Crippen LogP contribution in [0.25, 0.3) is 0 Å². The van der Waals surface area contributed by atoms with Crippen molar-refractivity contribution in [3.05, 3.63) is 48.3 Å². The van der Waals surface area contributed by atoms with Crippen LogP contribution in [0.1, 0.15) is 31.9 Å². The number of nitrogens with zero attached hydrogens (tertiary/aromatic N) is 1. The first-order chi connectivity index (χ1) is 10.8. The normalized spacial score (nSPS) is 18.8. The second kappa shape index (κ2) is 6.58. The van der Waals surface area contributed by atoms with Crippen LogP contribution >= 0.6 is 12.4 Å². The summed E-state index contributed by atoms with van der Waals surface area (Å²) in [5.74, 6) is 0.648. The summed E-state index contributed by atoms with van der Waals surface area (Å²) in [6, 6.07) is 7.96. The lowest BCUT2D eigenvalue weighted by Crippen LogP contribution is -2.41. The highest BCUT2D eigenvalue weighted by Crippen LogP contribution is 2.40. The fraction of sp³-hybridized carbons (Fsp3) is 0.312. The van der Waals surface area contributed by atoms with Gasteiger partial charge in [-0.15, -0.1) is 12.4 Å². The van der Waals surface area contributed by atoms with Crippen molar-refractivity contribution in [1.29, 1.82) is 0 Å². The predicted octanol–water partition coefficient (Wildman–Crippen LogP) is 2.67. The van der Waals surface area contributed by atoms with Gasteiger partial charge in [0.2, 0.25) is 10.0 Å². The number of ether oxygens (including phenoxy) is 1. The number of pyridine rings is 1. The molecule has 1 aliphatic heterocycles. The third-order valence-electron chi connectivity index (χ3n) is 3.73. The molecule has 1 aromatic carbocycles. The maximum Gasteiger partial charge on any atom is 0.242 e. The smallest absolute Gasteiger partial charge is 0.242 e. The first kappa shape index (κ1) is 18.5. The Balaban J connectivity index is 0.00000208. The molecular weight excluding hydrogens is 350 g/mol. The number of nitrogens with two attached hydrogens (primary N) is 1. The van der Waals surface area contributed by atoms with E-state index in [0.717, 1.165) is 5.56 Å². The Morgan fingerprint density at radius 2 is 2.08 bits per heavy atom. The van der Waals surface area contributed by atoms with E-state index < -0.39 is 21.7 Å². The maximum absolute atomic E-state index is 12.6. The van der Waals surface area contributed by atoms with Crippen molar-refractivity contribution in [2.75, 3.05) is 5.73 Å². The van der Waals surface area contributed by atoms with Crippen LogP contribution in [0.3, 0.4) is 0 Å². The number of nitrogen functional groups attached to an aromatic ring is 1. The van der Waals surface area contributed by atoms with E-state index in [1.165, 1.54) is 18.5 Å². The molecule has 1 atom stereocenters. The van der Waals surface area contributed by atoms with Gasteiger partial charge in [0.1, 0.15) is 16.2 Å². The van der Waals surface area contributed by atoms with Gasteiger partial charge in [-0.1, -0.05) is 0 Å². The molecule has 0 radical (unpaired) electrons. The van der Waals surface area contributed by atoms with E-state index in [-0.39, 0.29) is 17.3 Å². The van der Waals surface area contributed by atoms with Crippen LogP contribution in [0.15, 0.2) is 47.6 Å². The summed E-state index contributed by atoms with van der Waals surface area (Å²) >= 11 is 0. The van der Waals surface area contributed by atoms with Crippen LogP contribution in [-0.2, 0) is 10.0 Å². The maximum atomic E-state index is 12.6. The lowest BCUT2D eigenvalue weighted by atomic mass is 9.90. The van der Waals surface area contributed by atoms with E-state index in [4.69, 9.17) is 10.5 Å². The third kappa shape index (κ3) is 3.80. The lowest BCUT2D eigenvalue weighted by Gasteiger charge is -2.37. The van der Waals surface area contributed by atoms with Crippen molar-refractivity contribution in [3.8, 4) is 5.75 Å². The first-order valence-corrected chi connectivity index (χ1v) is 8.76. The van der Waals surface area contributed by atoms with Crippen molar-refractivity contribution in [2.45, 2.75) is 36.8 Å². The number of aromatic nitrogens is 1. The van der Waals surface area contributed by atoms with Crippen molar-refractivity contribution in [1.82, 2.24) is 9.71 Å². The van der Waals surface area contributed by atoms with E-state index >= 15 is 0 Å². The minimum atomic E-state index is -3.67. The van der Waals surface area contributed by atoms with Gasteiger partial charge in [-0.25, -0.2) is 13.1 Å². The van der Waals surface area contributed by atoms with E-state index in [1.807, 2.05) is 13.8 Å². The first-order valence-electron chi connectivity index (χ1n) is 7.28. The standard InChI is InChI=1S/C16H19N3O3S.ClH/c1-16(2)9-14(13-8-11(17)5-6-15(13)22-16)19-23(20,21)12-4-3-7-18-10-12;/h3-8,10,14,19H,9,17H2,1-2H3;1H. The van der Waals surface area contributed by atoms with Crippen LogP contribution < -0.4 is 15.2 Å². The monoisotopic (exact) mass is 369 g/mol. The van der Waals surface area contributed by atoms with E-state index in [2.05, 4.69) is 9.71 Å². The molecule has 24 heavy (non-hydrogen) atoms. The molecule has 2 heterocycles. The number of hydrogen-bond donors (Lipinski definition) is 2. The van der Waals surface area contributed by atoms with Crippen LogP contribution in [0.5, 0.6) is 5.75 Å². The summed E-state index contributed by atoms with van der Waals surface area (Å²) in [5, 5.41) is 0. The van der Waals surface area contributed by atoms with E-state index in [0.29, 0.717) is 17.9 Å². The molecule has 3 rings (SSSR count). The quantitative estimate of drug-likeness (QED) is 0.811. The van der Waals surface area contributed by atoms with Gasteiger partial charge < -0.3 is 10.5 Å². The molecular formula is C16H20ClN3O3S. The van der Waals surface area contributed by atoms with Gasteiger partial charge in [0.25, 0.3) is 0 Å². The number of hydrogen-bond acceptors (Lipinski definition) is 5. The highest BCUT2D eigenvalue weighted by molar-refractivity contribution is 7.89.